The van der Waals surface area contributed by atoms with Gasteiger partial charge in [-0.05, 0) is 83.5 Å². The molecule has 0 amide bonds. The molecule has 0 heterocycles. The van der Waals surface area contributed by atoms with Crippen molar-refractivity contribution >= 4 is 17.9 Å². The Kier molecular flexibility index (Phi) is 60.7. The van der Waals surface area contributed by atoms with E-state index in [9.17, 15) is 19.5 Å². The fourth-order valence-electron chi connectivity index (χ4n) is 9.93. The summed E-state index contributed by atoms with van der Waals surface area (Å²) >= 11 is 0. The molecule has 0 radical (unpaired) electrons. The third kappa shape index (κ3) is 64.4. The van der Waals surface area contributed by atoms with Crippen LogP contribution in [0.4, 0.5) is 0 Å². The van der Waals surface area contributed by atoms with Crippen molar-refractivity contribution in [3.63, 3.8) is 0 Å². The van der Waals surface area contributed by atoms with Crippen molar-refractivity contribution in [2.45, 2.75) is 334 Å². The summed E-state index contributed by atoms with van der Waals surface area (Å²) in [5, 5.41) is 11.8. The number of rotatable bonds is 64. The number of hydrogen-bond acceptors (Lipinski definition) is 8. The van der Waals surface area contributed by atoms with E-state index in [1.165, 1.54) is 238 Å². The highest BCUT2D eigenvalue weighted by molar-refractivity contribution is 5.70. The number of esters is 2. The van der Waals surface area contributed by atoms with Gasteiger partial charge in [0.05, 0.1) is 40.3 Å². The zero-order chi connectivity index (χ0) is 59.1. The maximum atomic E-state index is 12.9. The summed E-state index contributed by atoms with van der Waals surface area (Å²) in [6, 6.07) is 0. The Hall–Kier alpha value is -3.01. The molecule has 2 atom stereocenters. The Morgan fingerprint density at radius 1 is 0.370 bits per heavy atom. The molecule has 2 unspecified atom stereocenters. The monoisotopic (exact) mass is 1140 g/mol. The average molecular weight is 1140 g/mol. The van der Waals surface area contributed by atoms with Crippen LogP contribution in [0.25, 0.3) is 0 Å². The molecule has 0 saturated carbocycles. The number of aliphatic carboxylic acids is 1. The Labute approximate surface area is 501 Å². The van der Waals surface area contributed by atoms with Crippen molar-refractivity contribution in [2.75, 3.05) is 47.5 Å². The van der Waals surface area contributed by atoms with Crippen molar-refractivity contribution in [3.8, 4) is 0 Å². The Morgan fingerprint density at radius 2 is 0.667 bits per heavy atom. The smallest absolute Gasteiger partial charge is 0.306 e. The van der Waals surface area contributed by atoms with Crippen molar-refractivity contribution < 1.29 is 42.9 Å². The second-order valence-corrected chi connectivity index (χ2v) is 24.5. The summed E-state index contributed by atoms with van der Waals surface area (Å²) in [7, 11) is 5.94. The molecule has 9 nitrogen and oxygen atoms in total. The lowest BCUT2D eigenvalue weighted by molar-refractivity contribution is -0.870. The predicted octanol–water partition coefficient (Wildman–Crippen LogP) is 19.8. The van der Waals surface area contributed by atoms with Gasteiger partial charge in [0.25, 0.3) is 0 Å². The molecule has 0 fully saturated rings. The molecular formula is C72H131NO8. The highest BCUT2D eigenvalue weighted by Crippen LogP contribution is 2.18. The van der Waals surface area contributed by atoms with Crippen LogP contribution in [0, 0.1) is 0 Å². The number of ether oxygens (including phenoxy) is 4. The number of carbonyl (C=O) groups excluding carboxylic acids is 3. The molecule has 9 heteroatoms. The lowest BCUT2D eigenvalue weighted by atomic mass is 10.0. The Balaban J connectivity index is 4.12. The SMILES string of the molecule is CCCCCCC/C=C\C/C=C\C/C=C\CCCCCCCCCCCCCCCCC(=O)OC(COC(=O)CCCCCCCCCCCCCCCCC/C=C\C/C=C\CCCCCCC)COC(OCC[N+](C)(C)C)C(=O)[O-]. The second kappa shape index (κ2) is 63.0. The number of likely N-dealkylation sites (N-methyl/N-ethyl adjacent to an activating group) is 1. The van der Waals surface area contributed by atoms with Gasteiger partial charge < -0.3 is 33.3 Å². The lowest BCUT2D eigenvalue weighted by Crippen LogP contribution is -2.44. The number of allylic oxidation sites excluding steroid dienone is 10. The van der Waals surface area contributed by atoms with Crippen molar-refractivity contribution in [1.82, 2.24) is 0 Å². The molecule has 0 aliphatic carbocycles. The molecule has 0 aromatic rings. The van der Waals surface area contributed by atoms with E-state index in [0.717, 1.165) is 51.4 Å². The minimum atomic E-state index is -1.62. The first-order valence-electron chi connectivity index (χ1n) is 34.4. The molecule has 0 N–H and O–H groups in total. The molecule has 81 heavy (non-hydrogen) atoms. The molecule has 472 valence electrons. The molecule has 0 aliphatic rings. The quantitative estimate of drug-likeness (QED) is 0.0195. The van der Waals surface area contributed by atoms with Crippen LogP contribution in [-0.4, -0.2) is 82.3 Å². The van der Waals surface area contributed by atoms with Crippen LogP contribution in [-0.2, 0) is 33.3 Å². The third-order valence-corrected chi connectivity index (χ3v) is 15.2. The van der Waals surface area contributed by atoms with Gasteiger partial charge in [-0.15, -0.1) is 0 Å². The van der Waals surface area contributed by atoms with E-state index in [4.69, 9.17) is 18.9 Å². The third-order valence-electron chi connectivity index (χ3n) is 15.2. The standard InChI is InChI=1S/C72H131NO8/c1-6-8-10-12-14-16-18-20-22-24-26-28-30-32-34-35-37-39-41-43-45-47-49-51-53-55-57-59-61-63-70(75)81-68(67-80-72(71(76)77)78-65-64-73(3,4)5)66-79-69(74)62-60-58-56-54-52-50-48-46-44-42-40-38-36-33-31-29-27-25-23-21-19-17-15-13-11-9-7-2/h18-21,24-27,30,32,68,72H,6-17,22-23,28-29,31,33-67H2,1-5H3/b20-18-,21-19-,26-24-,27-25-,32-30-. The van der Waals surface area contributed by atoms with E-state index in [2.05, 4.69) is 74.6 Å². The fourth-order valence-corrected chi connectivity index (χ4v) is 9.93. The first-order chi connectivity index (χ1) is 39.6. The molecule has 0 saturated heterocycles. The van der Waals surface area contributed by atoms with E-state index in [1.807, 2.05) is 21.1 Å². The van der Waals surface area contributed by atoms with Gasteiger partial charge in [0.15, 0.2) is 12.4 Å². The average Bonchev–Trinajstić information content (AvgIpc) is 3.44. The zero-order valence-electron chi connectivity index (χ0n) is 53.9. The second-order valence-electron chi connectivity index (χ2n) is 24.5. The first kappa shape index (κ1) is 78.0. The summed E-state index contributed by atoms with van der Waals surface area (Å²) in [6.45, 7) is 4.77. The van der Waals surface area contributed by atoms with Crippen molar-refractivity contribution in [2.24, 2.45) is 0 Å². The van der Waals surface area contributed by atoms with Gasteiger partial charge in [-0.25, -0.2) is 0 Å². The highest BCUT2D eigenvalue weighted by atomic mass is 16.7. The van der Waals surface area contributed by atoms with Crippen molar-refractivity contribution in [3.05, 3.63) is 60.8 Å². The van der Waals surface area contributed by atoms with Gasteiger partial charge in [0, 0.05) is 12.8 Å². The van der Waals surface area contributed by atoms with Crippen LogP contribution < -0.4 is 5.11 Å². The van der Waals surface area contributed by atoms with Crippen LogP contribution in [0.5, 0.6) is 0 Å². The first-order valence-corrected chi connectivity index (χ1v) is 34.4. The number of unbranched alkanes of at least 4 members (excludes halogenated alkanes) is 39. The normalized spacial score (nSPS) is 13.0. The van der Waals surface area contributed by atoms with Crippen LogP contribution in [0.3, 0.4) is 0 Å². The summed E-state index contributed by atoms with van der Waals surface area (Å²) in [5.74, 6) is -2.27. The van der Waals surface area contributed by atoms with Gasteiger partial charge in [-0.1, -0.05) is 286 Å². The molecule has 0 spiro atoms. The summed E-state index contributed by atoms with van der Waals surface area (Å²) < 4.78 is 22.8. The van der Waals surface area contributed by atoms with E-state index < -0.39 is 24.3 Å². The maximum Gasteiger partial charge on any atom is 0.306 e. The Bertz CT molecular complexity index is 1510. The van der Waals surface area contributed by atoms with Crippen LogP contribution in [0.1, 0.15) is 322 Å². The Morgan fingerprint density at radius 3 is 0.988 bits per heavy atom. The minimum absolute atomic E-state index is 0.147. The molecular weight excluding hydrogens is 1010 g/mol. The van der Waals surface area contributed by atoms with Gasteiger partial charge in [0.1, 0.15) is 13.2 Å². The molecule has 0 aromatic carbocycles. The predicted molar refractivity (Wildman–Crippen MR) is 343 cm³/mol. The summed E-state index contributed by atoms with van der Waals surface area (Å²) in [4.78, 5) is 37.5. The number of carboxylic acid groups (broad SMARTS) is 1. The molecule has 0 aromatic heterocycles. The molecule has 0 bridgehead atoms. The largest absolute Gasteiger partial charge is 0.545 e. The maximum absolute atomic E-state index is 12.9. The van der Waals surface area contributed by atoms with Gasteiger partial charge in [-0.2, -0.15) is 0 Å². The molecule has 0 aliphatic heterocycles. The summed E-state index contributed by atoms with van der Waals surface area (Å²) in [5.41, 5.74) is 0. The highest BCUT2D eigenvalue weighted by Gasteiger charge is 2.22. The number of quaternary nitrogens is 1. The number of carboxylic acids is 1. The van der Waals surface area contributed by atoms with Crippen LogP contribution in [0.2, 0.25) is 0 Å². The lowest BCUT2D eigenvalue weighted by Gasteiger charge is -2.26. The topological polar surface area (TPSA) is 111 Å². The summed E-state index contributed by atoms with van der Waals surface area (Å²) in [6.07, 6.45) is 78.6. The van der Waals surface area contributed by atoms with Crippen molar-refractivity contribution in [1.29, 1.82) is 0 Å². The van der Waals surface area contributed by atoms with Gasteiger partial charge >= 0.3 is 11.9 Å². The van der Waals surface area contributed by atoms with Gasteiger partial charge in [0.2, 0.25) is 0 Å². The zero-order valence-corrected chi connectivity index (χ0v) is 53.9. The number of carbonyl (C=O) groups is 3. The fraction of sp³-hybridized carbons (Fsp3) is 0.819. The van der Waals surface area contributed by atoms with Crippen LogP contribution >= 0.6 is 0 Å². The number of hydrogen-bond donors (Lipinski definition) is 0. The van der Waals surface area contributed by atoms with Crippen LogP contribution in [0.15, 0.2) is 60.8 Å². The minimum Gasteiger partial charge on any atom is -0.545 e. The number of nitrogens with zero attached hydrogens (tertiary/aromatic N) is 1. The van der Waals surface area contributed by atoms with E-state index in [-0.39, 0.29) is 32.2 Å². The van der Waals surface area contributed by atoms with E-state index in [0.29, 0.717) is 23.9 Å². The molecule has 0 rings (SSSR count). The van der Waals surface area contributed by atoms with E-state index in [1.54, 1.807) is 0 Å². The van der Waals surface area contributed by atoms with E-state index >= 15 is 0 Å². The van der Waals surface area contributed by atoms with Gasteiger partial charge in [-0.3, -0.25) is 9.59 Å².